The maximum atomic E-state index is 13.9. The molecule has 3 N–H and O–H groups in total. The van der Waals surface area contributed by atoms with Crippen molar-refractivity contribution in [1.29, 1.82) is 0 Å². The van der Waals surface area contributed by atoms with Gasteiger partial charge in [0.25, 0.3) is 0 Å². The molecule has 2 saturated heterocycles. The number of H-pyrrole nitrogens is 1. The fraction of sp³-hybridized carbons (Fsp3) is 0.207. The van der Waals surface area contributed by atoms with Crippen LogP contribution in [0.3, 0.4) is 0 Å². The number of amides is 2. The van der Waals surface area contributed by atoms with E-state index in [4.69, 9.17) is 0 Å². The number of aromatic nitrogens is 1. The van der Waals surface area contributed by atoms with Gasteiger partial charge in [0.1, 0.15) is 5.54 Å². The average molecular weight is 590 g/mol. The molecule has 0 saturated carbocycles. The third kappa shape index (κ3) is 4.02. The van der Waals surface area contributed by atoms with Gasteiger partial charge < -0.3 is 10.1 Å². The molecule has 0 radical (unpaired) electrons. The number of hydrogen-bond donors (Lipinski definition) is 3. The number of carboxylic acids is 1. The first-order valence-corrected chi connectivity index (χ1v) is 13.9. The maximum Gasteiger partial charge on any atom is 0.325 e. The summed E-state index contributed by atoms with van der Waals surface area (Å²) in [5.74, 6) is -3.80. The number of aliphatic carboxylic acids is 1. The Labute approximate surface area is 231 Å². The van der Waals surface area contributed by atoms with Crippen molar-refractivity contribution in [3.8, 4) is 0 Å². The zero-order valence-electron chi connectivity index (χ0n) is 20.1. The van der Waals surface area contributed by atoms with Gasteiger partial charge in [0, 0.05) is 34.9 Å². The van der Waals surface area contributed by atoms with Crippen LogP contribution in [0.1, 0.15) is 22.0 Å². The summed E-state index contributed by atoms with van der Waals surface area (Å²) >= 11 is 4.91. The standard InChI is InChI=1S/C29H24BrN3O4S/c30-22-13-12-21(38-22)25-23-24(27(35)33(26(23)34)14-6-9-17-7-2-1-3-8-17)29(32-25,28(36)37)15-18-16-31-20-11-5-4-10-19(18)20/h1-13,16,23-25,31-32H,14-15H2,(H,36,37)/b9-6-. The molecule has 7 nitrogen and oxygen atoms in total. The van der Waals surface area contributed by atoms with E-state index in [9.17, 15) is 19.5 Å². The number of imide groups is 1. The van der Waals surface area contributed by atoms with Crippen LogP contribution >= 0.6 is 27.3 Å². The normalized spacial score (nSPS) is 25.1. The fourth-order valence-corrected chi connectivity index (χ4v) is 7.38. The van der Waals surface area contributed by atoms with Crippen LogP contribution in [0.25, 0.3) is 17.0 Å². The number of thiophene rings is 1. The van der Waals surface area contributed by atoms with Crippen LogP contribution in [0.2, 0.25) is 0 Å². The quantitative estimate of drug-likeness (QED) is 0.263. The number of rotatable bonds is 7. The molecular weight excluding hydrogens is 566 g/mol. The Morgan fingerprint density at radius 3 is 2.55 bits per heavy atom. The molecule has 2 amide bonds. The molecule has 2 aromatic carbocycles. The number of hydrogen-bond acceptors (Lipinski definition) is 5. The van der Waals surface area contributed by atoms with Crippen molar-refractivity contribution in [3.05, 3.63) is 98.8 Å². The van der Waals surface area contributed by atoms with E-state index >= 15 is 0 Å². The minimum Gasteiger partial charge on any atom is -0.480 e. The van der Waals surface area contributed by atoms with Crippen molar-refractivity contribution in [3.63, 3.8) is 0 Å². The first-order chi connectivity index (χ1) is 18.4. The number of carbonyl (C=O) groups is 3. The van der Waals surface area contributed by atoms with Gasteiger partial charge in [0.15, 0.2) is 0 Å². The average Bonchev–Trinajstić information content (AvgIpc) is 3.67. The largest absolute Gasteiger partial charge is 0.480 e. The molecule has 2 aliphatic heterocycles. The Morgan fingerprint density at radius 2 is 1.82 bits per heavy atom. The number of para-hydroxylation sites is 1. The summed E-state index contributed by atoms with van der Waals surface area (Å²) in [6.07, 6.45) is 5.49. The first-order valence-electron chi connectivity index (χ1n) is 12.3. The second-order valence-corrected chi connectivity index (χ2v) is 12.2. The molecule has 2 aliphatic rings. The summed E-state index contributed by atoms with van der Waals surface area (Å²) in [5.41, 5.74) is 0.971. The molecule has 9 heteroatoms. The number of nitrogens with zero attached hydrogens (tertiary/aromatic N) is 1. The molecule has 4 unspecified atom stereocenters. The lowest BCUT2D eigenvalue weighted by molar-refractivity contribution is -0.151. The minimum atomic E-state index is -1.65. The Balaban J connectivity index is 1.40. The van der Waals surface area contributed by atoms with Crippen LogP contribution in [0.5, 0.6) is 0 Å². The van der Waals surface area contributed by atoms with Crippen molar-refractivity contribution in [2.24, 2.45) is 11.8 Å². The van der Waals surface area contributed by atoms with E-state index in [1.165, 1.54) is 16.2 Å². The van der Waals surface area contributed by atoms with Crippen LogP contribution in [0.4, 0.5) is 0 Å². The molecule has 4 heterocycles. The van der Waals surface area contributed by atoms with Crippen molar-refractivity contribution in [2.75, 3.05) is 6.54 Å². The highest BCUT2D eigenvalue weighted by Gasteiger charge is 2.68. The molecule has 2 fully saturated rings. The van der Waals surface area contributed by atoms with E-state index in [1.807, 2.05) is 72.8 Å². The molecule has 0 aliphatic carbocycles. The van der Waals surface area contributed by atoms with E-state index in [-0.39, 0.29) is 18.9 Å². The lowest BCUT2D eigenvalue weighted by atomic mass is 9.76. The topological polar surface area (TPSA) is 102 Å². The summed E-state index contributed by atoms with van der Waals surface area (Å²) < 4.78 is 0.870. The number of aromatic amines is 1. The lowest BCUT2D eigenvalue weighted by Crippen LogP contribution is -2.57. The molecule has 4 aromatic rings. The number of nitrogens with one attached hydrogen (secondary N) is 2. The summed E-state index contributed by atoms with van der Waals surface area (Å²) in [6, 6.07) is 20.4. The number of benzene rings is 2. The van der Waals surface area contributed by atoms with Crippen LogP contribution in [-0.2, 0) is 20.8 Å². The zero-order chi connectivity index (χ0) is 26.4. The van der Waals surface area contributed by atoms with Gasteiger partial charge in [-0.3, -0.25) is 24.6 Å². The summed E-state index contributed by atoms with van der Waals surface area (Å²) in [7, 11) is 0. The van der Waals surface area contributed by atoms with Gasteiger partial charge in [0.05, 0.1) is 21.7 Å². The predicted molar refractivity (Wildman–Crippen MR) is 149 cm³/mol. The zero-order valence-corrected chi connectivity index (χ0v) is 22.5. The Bertz CT molecular complexity index is 1580. The monoisotopic (exact) mass is 589 g/mol. The maximum absolute atomic E-state index is 13.9. The number of halogens is 1. The molecule has 2 aromatic heterocycles. The minimum absolute atomic E-state index is 0.0588. The van der Waals surface area contributed by atoms with Gasteiger partial charge in [-0.05, 0) is 45.3 Å². The van der Waals surface area contributed by atoms with E-state index < -0.39 is 35.3 Å². The molecular formula is C29H24BrN3O4S. The van der Waals surface area contributed by atoms with Crippen molar-refractivity contribution in [1.82, 2.24) is 15.2 Å². The summed E-state index contributed by atoms with van der Waals surface area (Å²) in [5, 5.41) is 14.9. The van der Waals surface area contributed by atoms with E-state index in [0.29, 0.717) is 0 Å². The Hall–Kier alpha value is -3.53. The van der Waals surface area contributed by atoms with Crippen LogP contribution in [-0.4, -0.2) is 44.9 Å². The highest BCUT2D eigenvalue weighted by molar-refractivity contribution is 9.11. The van der Waals surface area contributed by atoms with Gasteiger partial charge in [-0.1, -0.05) is 60.7 Å². The van der Waals surface area contributed by atoms with Gasteiger partial charge in [0.2, 0.25) is 11.8 Å². The Morgan fingerprint density at radius 1 is 1.05 bits per heavy atom. The second kappa shape index (κ2) is 9.65. The predicted octanol–water partition coefficient (Wildman–Crippen LogP) is 5.02. The van der Waals surface area contributed by atoms with Crippen LogP contribution < -0.4 is 5.32 Å². The smallest absolute Gasteiger partial charge is 0.325 e. The molecule has 4 atom stereocenters. The summed E-state index contributed by atoms with van der Waals surface area (Å²) in [6.45, 7) is 0.0865. The van der Waals surface area contributed by atoms with Gasteiger partial charge in [-0.25, -0.2) is 0 Å². The molecule has 192 valence electrons. The molecule has 0 spiro atoms. The number of carboxylic acid groups (broad SMARTS) is 1. The van der Waals surface area contributed by atoms with Gasteiger partial charge in [-0.15, -0.1) is 11.3 Å². The lowest BCUT2D eigenvalue weighted by Gasteiger charge is -2.31. The van der Waals surface area contributed by atoms with Crippen LogP contribution in [0.15, 0.2) is 82.8 Å². The van der Waals surface area contributed by atoms with Gasteiger partial charge in [-0.2, -0.15) is 0 Å². The van der Waals surface area contributed by atoms with Crippen molar-refractivity contribution < 1.29 is 19.5 Å². The van der Waals surface area contributed by atoms with E-state index in [0.717, 1.165) is 30.7 Å². The number of carbonyl (C=O) groups excluding carboxylic acids is 2. The first kappa shape index (κ1) is 24.8. The molecule has 0 bridgehead atoms. The SMILES string of the molecule is O=C1C2C(c3ccc(Br)s3)NC(Cc3c[nH]c4ccccc34)(C(=O)O)C2C(=O)N1C/C=C\c1ccccc1. The van der Waals surface area contributed by atoms with Crippen molar-refractivity contribution in [2.45, 2.75) is 18.0 Å². The third-order valence-electron chi connectivity index (χ3n) is 7.57. The van der Waals surface area contributed by atoms with Crippen molar-refractivity contribution >= 4 is 62.0 Å². The highest BCUT2D eigenvalue weighted by atomic mass is 79.9. The van der Waals surface area contributed by atoms with E-state index in [2.05, 4.69) is 26.2 Å². The number of likely N-dealkylation sites (tertiary alicyclic amines) is 1. The molecule has 6 rings (SSSR count). The van der Waals surface area contributed by atoms with E-state index in [1.54, 1.807) is 12.3 Å². The molecule has 38 heavy (non-hydrogen) atoms. The fourth-order valence-electron chi connectivity index (χ4n) is 5.85. The summed E-state index contributed by atoms with van der Waals surface area (Å²) in [4.78, 5) is 46.0. The third-order valence-corrected chi connectivity index (χ3v) is 9.28. The highest BCUT2D eigenvalue weighted by Crippen LogP contribution is 2.51. The Kier molecular flexibility index (Phi) is 6.29. The second-order valence-electron chi connectivity index (χ2n) is 9.68. The van der Waals surface area contributed by atoms with Crippen LogP contribution in [0, 0.1) is 11.8 Å². The van der Waals surface area contributed by atoms with Gasteiger partial charge >= 0.3 is 5.97 Å². The number of fused-ring (bicyclic) bond motifs is 2.